The number of rotatable bonds is 2. The van der Waals surface area contributed by atoms with E-state index in [9.17, 15) is 19.2 Å². The van der Waals surface area contributed by atoms with E-state index >= 15 is 0 Å². The lowest BCUT2D eigenvalue weighted by Crippen LogP contribution is -2.21. The van der Waals surface area contributed by atoms with E-state index in [1.807, 2.05) is 0 Å². The molecule has 4 amide bonds. The molecule has 0 fully saturated rings. The summed E-state index contributed by atoms with van der Waals surface area (Å²) >= 11 is 35.2. The van der Waals surface area contributed by atoms with Crippen molar-refractivity contribution in [3.63, 3.8) is 0 Å². The van der Waals surface area contributed by atoms with Gasteiger partial charge in [-0.05, 0) is 24.3 Å². The van der Waals surface area contributed by atoms with Gasteiger partial charge in [0.1, 0.15) is 0 Å². The first-order chi connectivity index (χ1) is 15.0. The third kappa shape index (κ3) is 5.29. The highest BCUT2D eigenvalue weighted by molar-refractivity contribution is 6.46. The second-order valence-corrected chi connectivity index (χ2v) is 8.74. The zero-order valence-electron chi connectivity index (χ0n) is 15.4. The van der Waals surface area contributed by atoms with Crippen molar-refractivity contribution in [2.45, 2.75) is 0 Å². The average molecular weight is 553 g/mol. The summed E-state index contributed by atoms with van der Waals surface area (Å²) in [5, 5.41) is 5.88. The SMILES string of the molecule is O=C1C=C(c2c(Cl)cc(Cl)cc2Cl)C(=O)N1.O=C1C=C(c2c(Cl)cc(Cl)cc2Cl)C(=O)N1. The molecule has 0 unspecified atom stereocenters. The third-order valence-electron chi connectivity index (χ3n) is 4.07. The third-order valence-corrected chi connectivity index (χ3v) is 5.69. The molecule has 0 atom stereocenters. The number of hydrogen-bond acceptors (Lipinski definition) is 4. The number of carbonyl (C=O) groups excluding carboxylic acids is 4. The minimum atomic E-state index is -0.517. The Morgan fingerprint density at radius 3 is 1.00 bits per heavy atom. The molecule has 2 N–H and O–H groups in total. The molecule has 0 bridgehead atoms. The first-order valence-corrected chi connectivity index (χ1v) is 10.7. The van der Waals surface area contributed by atoms with E-state index in [4.69, 9.17) is 69.6 Å². The predicted octanol–water partition coefficient (Wildman–Crippen LogP) is 5.37. The Morgan fingerprint density at radius 1 is 0.500 bits per heavy atom. The number of benzene rings is 2. The molecule has 2 heterocycles. The van der Waals surface area contributed by atoms with Crippen molar-refractivity contribution in [1.82, 2.24) is 10.6 Å². The summed E-state index contributed by atoms with van der Waals surface area (Å²) in [5.41, 5.74) is 0.931. The molecule has 0 spiro atoms. The number of carbonyl (C=O) groups is 4. The Labute approximate surface area is 211 Å². The molecule has 32 heavy (non-hydrogen) atoms. The maximum Gasteiger partial charge on any atom is 0.259 e. The van der Waals surface area contributed by atoms with Gasteiger partial charge in [-0.1, -0.05) is 69.6 Å². The van der Waals surface area contributed by atoms with Gasteiger partial charge in [0, 0.05) is 33.3 Å². The topological polar surface area (TPSA) is 92.3 Å². The first kappa shape index (κ1) is 24.6. The Kier molecular flexibility index (Phi) is 7.55. The van der Waals surface area contributed by atoms with Crippen LogP contribution in [0.4, 0.5) is 0 Å². The average Bonchev–Trinajstić information content (AvgIpc) is 3.14. The van der Waals surface area contributed by atoms with Crippen LogP contribution >= 0.6 is 69.6 Å². The molecule has 2 aromatic carbocycles. The summed E-state index contributed by atoms with van der Waals surface area (Å²) in [7, 11) is 0. The summed E-state index contributed by atoms with van der Waals surface area (Å²) in [6.07, 6.45) is 2.31. The number of nitrogens with one attached hydrogen (secondary N) is 2. The highest BCUT2D eigenvalue weighted by Gasteiger charge is 2.27. The molecule has 0 aromatic heterocycles. The van der Waals surface area contributed by atoms with E-state index in [-0.39, 0.29) is 31.2 Å². The van der Waals surface area contributed by atoms with Crippen LogP contribution in [0.2, 0.25) is 30.1 Å². The van der Waals surface area contributed by atoms with E-state index in [0.29, 0.717) is 21.2 Å². The van der Waals surface area contributed by atoms with Crippen molar-refractivity contribution in [3.8, 4) is 0 Å². The highest BCUT2D eigenvalue weighted by atomic mass is 35.5. The minimum Gasteiger partial charge on any atom is -0.289 e. The Morgan fingerprint density at radius 2 is 0.781 bits per heavy atom. The number of hydrogen-bond donors (Lipinski definition) is 2. The van der Waals surface area contributed by atoms with Gasteiger partial charge >= 0.3 is 0 Å². The van der Waals surface area contributed by atoms with Gasteiger partial charge in [-0.25, -0.2) is 0 Å². The van der Waals surface area contributed by atoms with Crippen LogP contribution in [0.25, 0.3) is 11.1 Å². The smallest absolute Gasteiger partial charge is 0.259 e. The molecule has 12 heteroatoms. The first-order valence-electron chi connectivity index (χ1n) is 8.41. The second kappa shape index (κ2) is 9.83. The van der Waals surface area contributed by atoms with Crippen LogP contribution in [0.1, 0.15) is 11.1 Å². The number of halogens is 6. The lowest BCUT2D eigenvalue weighted by atomic mass is 10.1. The maximum absolute atomic E-state index is 11.4. The van der Waals surface area contributed by atoms with E-state index in [2.05, 4.69) is 10.6 Å². The van der Waals surface area contributed by atoms with Crippen molar-refractivity contribution >= 4 is 104 Å². The van der Waals surface area contributed by atoms with E-state index < -0.39 is 23.6 Å². The van der Waals surface area contributed by atoms with Crippen LogP contribution in [0, 0.1) is 0 Å². The second-order valence-electron chi connectivity index (χ2n) is 6.24. The van der Waals surface area contributed by atoms with Crippen molar-refractivity contribution in [3.05, 3.63) is 77.7 Å². The van der Waals surface area contributed by atoms with Crippen LogP contribution in [0.5, 0.6) is 0 Å². The van der Waals surface area contributed by atoms with E-state index in [0.717, 1.165) is 12.2 Å². The quantitative estimate of drug-likeness (QED) is 0.490. The van der Waals surface area contributed by atoms with Gasteiger partial charge in [-0.3, -0.25) is 29.8 Å². The zero-order valence-corrected chi connectivity index (χ0v) is 19.9. The summed E-state index contributed by atoms with van der Waals surface area (Å²) in [6.45, 7) is 0. The monoisotopic (exact) mass is 550 g/mol. The van der Waals surface area contributed by atoms with E-state index in [1.54, 1.807) is 0 Å². The lowest BCUT2D eigenvalue weighted by molar-refractivity contribution is -0.124. The van der Waals surface area contributed by atoms with Gasteiger partial charge in [-0.2, -0.15) is 0 Å². The molecule has 2 aromatic rings. The predicted molar refractivity (Wildman–Crippen MR) is 125 cm³/mol. The van der Waals surface area contributed by atoms with Crippen LogP contribution < -0.4 is 10.6 Å². The van der Waals surface area contributed by atoms with Gasteiger partial charge in [0.25, 0.3) is 23.6 Å². The minimum absolute atomic E-state index is 0.150. The fraction of sp³-hybridized carbons (Fsp3) is 0. The standard InChI is InChI=1S/2C10H4Cl3NO2/c2*11-4-1-6(12)9(7(13)2-4)5-3-8(15)14-10(5)16/h2*1-3H,(H,14,15,16). The molecule has 2 aliphatic heterocycles. The molecule has 6 nitrogen and oxygen atoms in total. The summed E-state index contributed by atoms with van der Waals surface area (Å²) in [6, 6.07) is 5.84. The Hall–Kier alpha value is -2.06. The normalized spacial score (nSPS) is 15.1. The molecule has 0 radical (unpaired) electrons. The van der Waals surface area contributed by atoms with Crippen LogP contribution in [0.3, 0.4) is 0 Å². The van der Waals surface area contributed by atoms with Gasteiger partial charge in [0.15, 0.2) is 0 Å². The largest absolute Gasteiger partial charge is 0.289 e. The van der Waals surface area contributed by atoms with Gasteiger partial charge in [0.2, 0.25) is 0 Å². The number of amides is 4. The Bertz CT molecular complexity index is 1130. The van der Waals surface area contributed by atoms with Gasteiger partial charge in [0.05, 0.1) is 31.2 Å². The van der Waals surface area contributed by atoms with Crippen LogP contribution in [0.15, 0.2) is 36.4 Å². The van der Waals surface area contributed by atoms with Crippen LogP contribution in [-0.4, -0.2) is 23.6 Å². The van der Waals surface area contributed by atoms with Crippen molar-refractivity contribution in [2.24, 2.45) is 0 Å². The number of imide groups is 2. The fourth-order valence-electron chi connectivity index (χ4n) is 2.79. The van der Waals surface area contributed by atoms with Crippen molar-refractivity contribution < 1.29 is 19.2 Å². The lowest BCUT2D eigenvalue weighted by Gasteiger charge is -2.06. The van der Waals surface area contributed by atoms with Gasteiger partial charge < -0.3 is 0 Å². The van der Waals surface area contributed by atoms with E-state index in [1.165, 1.54) is 24.3 Å². The summed E-state index contributed by atoms with van der Waals surface area (Å²) in [5.74, 6) is -2.00. The molecule has 4 rings (SSSR count). The molecule has 164 valence electrons. The summed E-state index contributed by atoms with van der Waals surface area (Å²) in [4.78, 5) is 44.9. The Balaban J connectivity index is 0.000000181. The fourth-order valence-corrected chi connectivity index (χ4v) is 4.84. The van der Waals surface area contributed by atoms with Crippen LogP contribution in [-0.2, 0) is 19.2 Å². The zero-order chi connectivity index (χ0) is 23.7. The van der Waals surface area contributed by atoms with Crippen molar-refractivity contribution in [2.75, 3.05) is 0 Å². The van der Waals surface area contributed by atoms with Gasteiger partial charge in [-0.15, -0.1) is 0 Å². The molecule has 0 aliphatic carbocycles. The summed E-state index contributed by atoms with van der Waals surface area (Å²) < 4.78 is 0. The molecule has 0 saturated heterocycles. The molecule has 0 saturated carbocycles. The molecule has 2 aliphatic rings. The maximum atomic E-state index is 11.4. The van der Waals surface area contributed by atoms with Crippen molar-refractivity contribution in [1.29, 1.82) is 0 Å². The molecular formula is C20H8Cl6N2O4. The molecular weight excluding hydrogens is 545 g/mol. The highest BCUT2D eigenvalue weighted by Crippen LogP contribution is 2.36.